The SMILES string of the molecule is CC.CCn1c(-c2ccncc2)nc2c(N3CCOCC3)nc(-n3nc(-c4ccccc4)cc3C(=O)O)nc21. The zero-order valence-electron chi connectivity index (χ0n) is 22.2. The molecular weight excluding hydrogens is 496 g/mol. The van der Waals surface area contributed by atoms with E-state index in [0.717, 1.165) is 17.0 Å². The Morgan fingerprint density at radius 2 is 1.69 bits per heavy atom. The fraction of sp³-hybridized carbons (Fsp3) is 0.286. The van der Waals surface area contributed by atoms with Crippen LogP contribution < -0.4 is 4.90 Å². The second kappa shape index (κ2) is 11.4. The Labute approximate surface area is 225 Å². The summed E-state index contributed by atoms with van der Waals surface area (Å²) in [5.74, 6) is 0.417. The topological polar surface area (TPSA) is 124 Å². The number of aromatic carboxylic acids is 1. The van der Waals surface area contributed by atoms with Gasteiger partial charge in [0.2, 0.25) is 0 Å². The first kappa shape index (κ1) is 26.0. The first-order chi connectivity index (χ1) is 19.1. The molecule has 6 rings (SSSR count). The molecular formula is C28H30N8O3. The van der Waals surface area contributed by atoms with Crippen LogP contribution in [0, 0.1) is 0 Å². The lowest BCUT2D eigenvalue weighted by Crippen LogP contribution is -2.37. The highest BCUT2D eigenvalue weighted by Gasteiger charge is 2.26. The summed E-state index contributed by atoms with van der Waals surface area (Å²) in [7, 11) is 0. The average molecular weight is 527 g/mol. The van der Waals surface area contributed by atoms with E-state index in [1.807, 2.05) is 67.8 Å². The summed E-state index contributed by atoms with van der Waals surface area (Å²) in [6, 6.07) is 14.8. The van der Waals surface area contributed by atoms with E-state index < -0.39 is 5.97 Å². The van der Waals surface area contributed by atoms with Crippen molar-refractivity contribution in [2.45, 2.75) is 27.3 Å². The molecule has 11 heteroatoms. The highest BCUT2D eigenvalue weighted by Crippen LogP contribution is 2.31. The second-order valence-corrected chi connectivity index (χ2v) is 8.53. The first-order valence-electron chi connectivity index (χ1n) is 13.0. The molecule has 1 fully saturated rings. The van der Waals surface area contributed by atoms with E-state index >= 15 is 0 Å². The number of pyridine rings is 1. The van der Waals surface area contributed by atoms with Crippen molar-refractivity contribution in [2.75, 3.05) is 31.2 Å². The zero-order valence-corrected chi connectivity index (χ0v) is 22.2. The lowest BCUT2D eigenvalue weighted by atomic mass is 10.1. The molecule has 0 bridgehead atoms. The summed E-state index contributed by atoms with van der Waals surface area (Å²) >= 11 is 0. The molecule has 0 atom stereocenters. The molecule has 1 aliphatic heterocycles. The van der Waals surface area contributed by atoms with Gasteiger partial charge < -0.3 is 19.3 Å². The third-order valence-electron chi connectivity index (χ3n) is 6.32. The number of carboxylic acids is 1. The molecule has 0 amide bonds. The van der Waals surface area contributed by atoms with Crippen LogP contribution in [0.2, 0.25) is 0 Å². The van der Waals surface area contributed by atoms with Gasteiger partial charge in [-0.2, -0.15) is 19.7 Å². The standard InChI is InChI=1S/C26H24N8O3.C2H6/c1-2-33-22(18-8-10-27-11-9-18)28-21-23(32-12-14-37-15-13-32)29-26(30-24(21)33)34-20(25(35)36)16-19(31-34)17-6-4-3-5-7-17;1-2/h3-11,16H,2,12-15H2,1H3,(H,35,36);1-2H3. The van der Waals surface area contributed by atoms with E-state index in [1.165, 1.54) is 4.68 Å². The Morgan fingerprint density at radius 1 is 0.974 bits per heavy atom. The number of rotatable bonds is 6. The number of ether oxygens (including phenoxy) is 1. The van der Waals surface area contributed by atoms with Gasteiger partial charge >= 0.3 is 5.97 Å². The van der Waals surface area contributed by atoms with Crippen molar-refractivity contribution in [3.63, 3.8) is 0 Å². The van der Waals surface area contributed by atoms with Crippen LogP contribution in [0.25, 0.3) is 39.8 Å². The Morgan fingerprint density at radius 3 is 2.36 bits per heavy atom. The normalized spacial score (nSPS) is 13.3. The summed E-state index contributed by atoms with van der Waals surface area (Å²) in [6.45, 7) is 9.02. The monoisotopic (exact) mass is 526 g/mol. The average Bonchev–Trinajstić information content (AvgIpc) is 3.62. The molecule has 0 unspecified atom stereocenters. The number of carbonyl (C=O) groups is 1. The van der Waals surface area contributed by atoms with Crippen molar-refractivity contribution in [3.8, 4) is 28.6 Å². The first-order valence-corrected chi connectivity index (χ1v) is 13.0. The fourth-order valence-electron chi connectivity index (χ4n) is 4.52. The van der Waals surface area contributed by atoms with Gasteiger partial charge in [0.1, 0.15) is 5.82 Å². The minimum Gasteiger partial charge on any atom is -0.477 e. The van der Waals surface area contributed by atoms with E-state index in [0.29, 0.717) is 55.5 Å². The number of benzene rings is 1. The third-order valence-corrected chi connectivity index (χ3v) is 6.32. The van der Waals surface area contributed by atoms with Gasteiger partial charge in [-0.25, -0.2) is 9.78 Å². The largest absolute Gasteiger partial charge is 0.477 e. The number of hydrogen-bond donors (Lipinski definition) is 1. The maximum absolute atomic E-state index is 12.2. The number of aryl methyl sites for hydroxylation is 1. The van der Waals surface area contributed by atoms with E-state index in [4.69, 9.17) is 19.7 Å². The molecule has 0 radical (unpaired) electrons. The van der Waals surface area contributed by atoms with Crippen LogP contribution in [0.1, 0.15) is 31.3 Å². The highest BCUT2D eigenvalue weighted by atomic mass is 16.5. The van der Waals surface area contributed by atoms with Crippen LogP contribution in [-0.4, -0.2) is 71.7 Å². The van der Waals surface area contributed by atoms with Gasteiger partial charge in [0.05, 0.1) is 18.9 Å². The van der Waals surface area contributed by atoms with Gasteiger partial charge in [0.25, 0.3) is 5.95 Å². The smallest absolute Gasteiger partial charge is 0.354 e. The lowest BCUT2D eigenvalue weighted by molar-refractivity contribution is 0.0686. The number of carboxylic acid groups (broad SMARTS) is 1. The summed E-state index contributed by atoms with van der Waals surface area (Å²) in [5, 5.41) is 14.6. The van der Waals surface area contributed by atoms with E-state index in [-0.39, 0.29) is 11.6 Å². The quantitative estimate of drug-likeness (QED) is 0.344. The van der Waals surface area contributed by atoms with Crippen molar-refractivity contribution in [2.24, 2.45) is 0 Å². The predicted molar refractivity (Wildman–Crippen MR) is 148 cm³/mol. The van der Waals surface area contributed by atoms with Gasteiger partial charge in [-0.05, 0) is 25.1 Å². The predicted octanol–water partition coefficient (Wildman–Crippen LogP) is 4.32. The zero-order chi connectivity index (χ0) is 27.4. The van der Waals surface area contributed by atoms with Crippen molar-refractivity contribution in [3.05, 3.63) is 66.6 Å². The van der Waals surface area contributed by atoms with E-state index in [1.54, 1.807) is 18.5 Å². The molecule has 4 aromatic heterocycles. The molecule has 200 valence electrons. The number of fused-ring (bicyclic) bond motifs is 1. The van der Waals surface area contributed by atoms with E-state index in [9.17, 15) is 9.90 Å². The number of nitrogens with zero attached hydrogens (tertiary/aromatic N) is 8. The van der Waals surface area contributed by atoms with Crippen molar-refractivity contribution in [1.82, 2.24) is 34.3 Å². The van der Waals surface area contributed by atoms with Crippen LogP contribution in [0.3, 0.4) is 0 Å². The number of aromatic nitrogens is 7. The molecule has 1 N–H and O–H groups in total. The van der Waals surface area contributed by atoms with Crippen LogP contribution in [0.15, 0.2) is 60.9 Å². The molecule has 1 saturated heterocycles. The van der Waals surface area contributed by atoms with Crippen molar-refractivity contribution < 1.29 is 14.6 Å². The number of morpholine rings is 1. The maximum atomic E-state index is 12.2. The number of hydrogen-bond acceptors (Lipinski definition) is 8. The second-order valence-electron chi connectivity index (χ2n) is 8.53. The highest BCUT2D eigenvalue weighted by molar-refractivity contribution is 5.90. The molecule has 0 saturated carbocycles. The molecule has 0 spiro atoms. The molecule has 5 aromatic rings. The summed E-state index contributed by atoms with van der Waals surface area (Å²) in [6.07, 6.45) is 3.45. The molecule has 1 aliphatic rings. The van der Waals surface area contributed by atoms with Crippen LogP contribution in [0.5, 0.6) is 0 Å². The van der Waals surface area contributed by atoms with Crippen molar-refractivity contribution in [1.29, 1.82) is 0 Å². The summed E-state index contributed by atoms with van der Waals surface area (Å²) < 4.78 is 8.86. The minimum absolute atomic E-state index is 0.0250. The van der Waals surface area contributed by atoms with E-state index in [2.05, 4.69) is 15.0 Å². The van der Waals surface area contributed by atoms with Crippen LogP contribution in [-0.2, 0) is 11.3 Å². The fourth-order valence-corrected chi connectivity index (χ4v) is 4.52. The molecule has 39 heavy (non-hydrogen) atoms. The Kier molecular flexibility index (Phi) is 7.60. The maximum Gasteiger partial charge on any atom is 0.354 e. The minimum atomic E-state index is -1.12. The van der Waals surface area contributed by atoms with Crippen LogP contribution >= 0.6 is 0 Å². The third kappa shape index (κ3) is 4.96. The Hall–Kier alpha value is -4.64. The Bertz CT molecular complexity index is 1580. The van der Waals surface area contributed by atoms with Gasteiger partial charge in [-0.1, -0.05) is 44.2 Å². The lowest BCUT2D eigenvalue weighted by Gasteiger charge is -2.28. The molecule has 11 nitrogen and oxygen atoms in total. The number of anilines is 1. The molecule has 1 aromatic carbocycles. The molecule has 0 aliphatic carbocycles. The summed E-state index contributed by atoms with van der Waals surface area (Å²) in [5.41, 5.74) is 3.46. The van der Waals surface area contributed by atoms with Gasteiger partial charge in [0, 0.05) is 43.2 Å². The number of imidazole rings is 1. The van der Waals surface area contributed by atoms with Gasteiger partial charge in [-0.15, -0.1) is 0 Å². The van der Waals surface area contributed by atoms with Gasteiger partial charge in [-0.3, -0.25) is 4.98 Å². The van der Waals surface area contributed by atoms with Crippen molar-refractivity contribution >= 4 is 23.0 Å². The van der Waals surface area contributed by atoms with Crippen LogP contribution in [0.4, 0.5) is 5.82 Å². The van der Waals surface area contributed by atoms with Gasteiger partial charge in [0.15, 0.2) is 22.7 Å². The summed E-state index contributed by atoms with van der Waals surface area (Å²) in [4.78, 5) is 33.1. The Balaban J connectivity index is 0.00000151. The molecule has 5 heterocycles.